The SMILES string of the molecule is Cn1c(=O)c2ccccc2n2c(CSc3nc(-c4ccc(F)cc4)cs3)nnc12. The summed E-state index contributed by atoms with van der Waals surface area (Å²) < 4.78 is 17.4. The molecule has 5 rings (SSSR count). The van der Waals surface area contributed by atoms with E-state index in [9.17, 15) is 9.18 Å². The van der Waals surface area contributed by atoms with E-state index in [-0.39, 0.29) is 11.4 Å². The molecule has 0 aliphatic rings. The van der Waals surface area contributed by atoms with Gasteiger partial charge in [-0.1, -0.05) is 23.9 Å². The van der Waals surface area contributed by atoms with Crippen LogP contribution >= 0.6 is 23.1 Å². The van der Waals surface area contributed by atoms with Crippen LogP contribution < -0.4 is 5.56 Å². The Morgan fingerprint density at radius 2 is 1.90 bits per heavy atom. The van der Waals surface area contributed by atoms with Crippen LogP contribution in [0.15, 0.2) is 63.0 Å². The average Bonchev–Trinajstić information content (AvgIpc) is 3.38. The molecule has 0 radical (unpaired) electrons. The first-order valence-corrected chi connectivity index (χ1v) is 10.6. The van der Waals surface area contributed by atoms with E-state index in [4.69, 9.17) is 0 Å². The monoisotopic (exact) mass is 423 g/mol. The van der Waals surface area contributed by atoms with Crippen molar-refractivity contribution < 1.29 is 4.39 Å². The number of aromatic nitrogens is 5. The van der Waals surface area contributed by atoms with Gasteiger partial charge in [-0.2, -0.15) is 0 Å². The van der Waals surface area contributed by atoms with E-state index in [1.807, 2.05) is 34.0 Å². The number of rotatable bonds is 4. The molecule has 0 spiro atoms. The highest BCUT2D eigenvalue weighted by Gasteiger charge is 2.15. The zero-order valence-corrected chi connectivity index (χ0v) is 16.9. The predicted octanol–water partition coefficient (Wildman–Crippen LogP) is 4.14. The molecule has 29 heavy (non-hydrogen) atoms. The first-order chi connectivity index (χ1) is 14.1. The van der Waals surface area contributed by atoms with Gasteiger partial charge in [0.05, 0.1) is 22.3 Å². The second-order valence-corrected chi connectivity index (χ2v) is 8.51. The largest absolute Gasteiger partial charge is 0.279 e. The van der Waals surface area contributed by atoms with Gasteiger partial charge in [-0.25, -0.2) is 9.37 Å². The Morgan fingerprint density at radius 3 is 2.72 bits per heavy atom. The minimum Gasteiger partial charge on any atom is -0.279 e. The van der Waals surface area contributed by atoms with Gasteiger partial charge in [0.25, 0.3) is 5.56 Å². The lowest BCUT2D eigenvalue weighted by Gasteiger charge is -2.07. The van der Waals surface area contributed by atoms with Crippen LogP contribution in [0.5, 0.6) is 0 Å². The third-order valence-electron chi connectivity index (χ3n) is 4.64. The van der Waals surface area contributed by atoms with Crippen molar-refractivity contribution in [2.24, 2.45) is 7.05 Å². The maximum atomic E-state index is 13.1. The molecular formula is C20H14FN5OS2. The van der Waals surface area contributed by atoms with E-state index in [0.717, 1.165) is 26.9 Å². The van der Waals surface area contributed by atoms with Gasteiger partial charge in [0.1, 0.15) is 11.6 Å². The molecule has 3 heterocycles. The maximum Gasteiger partial charge on any atom is 0.262 e. The summed E-state index contributed by atoms with van der Waals surface area (Å²) in [4.78, 5) is 17.2. The molecule has 0 aliphatic carbocycles. The van der Waals surface area contributed by atoms with Crippen molar-refractivity contribution >= 4 is 39.8 Å². The smallest absolute Gasteiger partial charge is 0.262 e. The Kier molecular flexibility index (Phi) is 4.40. The summed E-state index contributed by atoms with van der Waals surface area (Å²) in [5.41, 5.74) is 2.39. The second-order valence-electron chi connectivity index (χ2n) is 6.43. The molecule has 144 valence electrons. The summed E-state index contributed by atoms with van der Waals surface area (Å²) in [5.74, 6) is 1.55. The highest BCUT2D eigenvalue weighted by Crippen LogP contribution is 2.30. The average molecular weight is 423 g/mol. The van der Waals surface area contributed by atoms with Crippen molar-refractivity contribution in [1.29, 1.82) is 0 Å². The van der Waals surface area contributed by atoms with Crippen LogP contribution in [-0.2, 0) is 12.8 Å². The van der Waals surface area contributed by atoms with Gasteiger partial charge in [0.15, 0.2) is 4.34 Å². The van der Waals surface area contributed by atoms with Gasteiger partial charge in [0.2, 0.25) is 5.78 Å². The number of thioether (sulfide) groups is 1. The summed E-state index contributed by atoms with van der Waals surface area (Å²) >= 11 is 3.08. The fraction of sp³-hybridized carbons (Fsp3) is 0.100. The van der Waals surface area contributed by atoms with Crippen LogP contribution in [0.25, 0.3) is 27.9 Å². The molecule has 9 heteroatoms. The van der Waals surface area contributed by atoms with E-state index in [1.165, 1.54) is 28.0 Å². The molecular weight excluding hydrogens is 409 g/mol. The van der Waals surface area contributed by atoms with E-state index in [1.54, 1.807) is 30.9 Å². The van der Waals surface area contributed by atoms with Crippen LogP contribution in [0.3, 0.4) is 0 Å². The van der Waals surface area contributed by atoms with Gasteiger partial charge < -0.3 is 0 Å². The first-order valence-electron chi connectivity index (χ1n) is 8.78. The summed E-state index contributed by atoms with van der Waals surface area (Å²) in [6.07, 6.45) is 0. The zero-order chi connectivity index (χ0) is 20.0. The number of hydrogen-bond donors (Lipinski definition) is 0. The Morgan fingerprint density at radius 1 is 1.10 bits per heavy atom. The Balaban J connectivity index is 1.48. The number of hydrogen-bond acceptors (Lipinski definition) is 6. The summed E-state index contributed by atoms with van der Waals surface area (Å²) in [6.45, 7) is 0. The Labute approximate surface area is 172 Å². The summed E-state index contributed by atoms with van der Waals surface area (Å²) in [6, 6.07) is 13.8. The lowest BCUT2D eigenvalue weighted by Crippen LogP contribution is -2.20. The van der Waals surface area contributed by atoms with Gasteiger partial charge in [-0.15, -0.1) is 21.5 Å². The van der Waals surface area contributed by atoms with Crippen molar-refractivity contribution in [3.63, 3.8) is 0 Å². The van der Waals surface area contributed by atoms with Gasteiger partial charge in [-0.05, 0) is 36.4 Å². The molecule has 0 N–H and O–H groups in total. The van der Waals surface area contributed by atoms with Gasteiger partial charge in [-0.3, -0.25) is 13.8 Å². The number of nitrogens with zero attached hydrogens (tertiary/aromatic N) is 5. The third-order valence-corrected chi connectivity index (χ3v) is 6.66. The standard InChI is InChI=1S/C20H14FN5OS2/c1-25-18(27)14-4-2-3-5-16(14)26-17(23-24-19(25)26)11-29-20-22-15(10-28-20)12-6-8-13(21)9-7-12/h2-10H,11H2,1H3. The third kappa shape index (κ3) is 3.12. The molecule has 5 aromatic rings. The van der Waals surface area contributed by atoms with E-state index in [0.29, 0.717) is 16.9 Å². The van der Waals surface area contributed by atoms with Gasteiger partial charge in [0, 0.05) is 18.0 Å². The molecule has 0 unspecified atom stereocenters. The number of aryl methyl sites for hydroxylation is 1. The number of benzene rings is 2. The quantitative estimate of drug-likeness (QED) is 0.407. The van der Waals surface area contributed by atoms with Crippen molar-refractivity contribution in [3.8, 4) is 11.3 Å². The highest BCUT2D eigenvalue weighted by molar-refractivity contribution is 8.00. The maximum absolute atomic E-state index is 13.1. The fourth-order valence-electron chi connectivity index (χ4n) is 3.19. The minimum absolute atomic E-state index is 0.0939. The lowest BCUT2D eigenvalue weighted by molar-refractivity contribution is 0.628. The van der Waals surface area contributed by atoms with Crippen LogP contribution in [0.4, 0.5) is 4.39 Å². The van der Waals surface area contributed by atoms with Crippen molar-refractivity contribution in [2.75, 3.05) is 0 Å². The van der Waals surface area contributed by atoms with Crippen LogP contribution in [0, 0.1) is 5.82 Å². The second kappa shape index (κ2) is 7.09. The number of para-hydroxylation sites is 1. The van der Waals surface area contributed by atoms with Gasteiger partial charge >= 0.3 is 0 Å². The summed E-state index contributed by atoms with van der Waals surface area (Å²) in [5, 5.41) is 11.1. The van der Waals surface area contributed by atoms with E-state index < -0.39 is 0 Å². The minimum atomic E-state index is -0.265. The fourth-order valence-corrected chi connectivity index (χ4v) is 4.94. The molecule has 0 fully saturated rings. The molecule has 3 aromatic heterocycles. The molecule has 0 saturated carbocycles. The van der Waals surface area contributed by atoms with Crippen LogP contribution in [-0.4, -0.2) is 24.1 Å². The van der Waals surface area contributed by atoms with Crippen LogP contribution in [0.1, 0.15) is 5.82 Å². The first kappa shape index (κ1) is 18.0. The zero-order valence-electron chi connectivity index (χ0n) is 15.2. The highest BCUT2D eigenvalue weighted by atomic mass is 32.2. The van der Waals surface area contributed by atoms with Crippen LogP contribution in [0.2, 0.25) is 0 Å². The van der Waals surface area contributed by atoms with E-state index in [2.05, 4.69) is 15.2 Å². The van der Waals surface area contributed by atoms with Crippen molar-refractivity contribution in [3.05, 3.63) is 75.9 Å². The Hall–Kier alpha value is -3.04. The van der Waals surface area contributed by atoms with E-state index >= 15 is 0 Å². The molecule has 2 aromatic carbocycles. The topological polar surface area (TPSA) is 65.1 Å². The van der Waals surface area contributed by atoms with Crippen molar-refractivity contribution in [2.45, 2.75) is 10.1 Å². The summed E-state index contributed by atoms with van der Waals surface area (Å²) in [7, 11) is 1.70. The van der Waals surface area contributed by atoms with Crippen molar-refractivity contribution in [1.82, 2.24) is 24.1 Å². The predicted molar refractivity (Wildman–Crippen MR) is 113 cm³/mol. The molecule has 0 atom stereocenters. The number of fused-ring (bicyclic) bond motifs is 3. The lowest BCUT2D eigenvalue weighted by atomic mass is 10.2. The molecule has 0 aliphatic heterocycles. The number of halogens is 1. The number of thiazole rings is 1. The molecule has 0 bridgehead atoms. The normalized spacial score (nSPS) is 11.5. The molecule has 0 saturated heterocycles. The Bertz CT molecular complexity index is 1400. The molecule has 6 nitrogen and oxygen atoms in total. The molecule has 0 amide bonds.